The Labute approximate surface area is 162 Å². The van der Waals surface area contributed by atoms with Crippen molar-refractivity contribution in [1.82, 2.24) is 4.98 Å². The second kappa shape index (κ2) is 7.77. The first-order valence-electron chi connectivity index (χ1n) is 8.01. The van der Waals surface area contributed by atoms with E-state index in [0.29, 0.717) is 22.9 Å². The molecule has 1 amide bonds. The maximum atomic E-state index is 12.0. The summed E-state index contributed by atoms with van der Waals surface area (Å²) in [5, 5.41) is 7.32. The molecule has 0 saturated carbocycles. The first-order chi connectivity index (χ1) is 13.2. The summed E-state index contributed by atoms with van der Waals surface area (Å²) in [6, 6.07) is 8.98. The van der Waals surface area contributed by atoms with Gasteiger partial charge in [-0.3, -0.25) is 9.59 Å². The van der Waals surface area contributed by atoms with Crippen LogP contribution >= 0.6 is 22.7 Å². The summed E-state index contributed by atoms with van der Waals surface area (Å²) in [6.07, 6.45) is 0.0270. The molecule has 0 spiro atoms. The number of carbonyl (C=O) groups excluding carboxylic acids is 2. The van der Waals surface area contributed by atoms with Gasteiger partial charge in [0, 0.05) is 17.1 Å². The number of benzene rings is 1. The third kappa shape index (κ3) is 4.26. The molecule has 9 heteroatoms. The summed E-state index contributed by atoms with van der Waals surface area (Å²) in [7, 11) is 0. The van der Waals surface area contributed by atoms with Gasteiger partial charge in [0.2, 0.25) is 6.79 Å². The van der Waals surface area contributed by atoms with Crippen LogP contribution in [-0.4, -0.2) is 30.3 Å². The minimum Gasteiger partial charge on any atom is -0.455 e. The molecule has 3 aromatic rings. The Hall–Kier alpha value is -2.91. The number of ether oxygens (including phenoxy) is 3. The van der Waals surface area contributed by atoms with Crippen LogP contribution in [0.25, 0.3) is 9.88 Å². The fourth-order valence-electron chi connectivity index (χ4n) is 2.42. The molecule has 1 aliphatic rings. The van der Waals surface area contributed by atoms with E-state index in [4.69, 9.17) is 14.2 Å². The maximum Gasteiger partial charge on any atom is 0.312 e. The molecule has 1 N–H and O–H groups in total. The number of hydrogen-bond acceptors (Lipinski definition) is 8. The lowest BCUT2D eigenvalue weighted by atomic mass is 10.3. The van der Waals surface area contributed by atoms with Crippen LogP contribution < -0.4 is 14.8 Å². The van der Waals surface area contributed by atoms with Crippen molar-refractivity contribution in [3.63, 3.8) is 0 Å². The van der Waals surface area contributed by atoms with E-state index in [0.717, 1.165) is 9.88 Å². The predicted octanol–water partition coefficient (Wildman–Crippen LogP) is 3.32. The van der Waals surface area contributed by atoms with Crippen molar-refractivity contribution in [2.45, 2.75) is 6.42 Å². The smallest absolute Gasteiger partial charge is 0.312 e. The highest BCUT2D eigenvalue weighted by molar-refractivity contribution is 7.20. The molecule has 0 atom stereocenters. The Morgan fingerprint density at radius 3 is 2.93 bits per heavy atom. The predicted molar refractivity (Wildman–Crippen MR) is 101 cm³/mol. The van der Waals surface area contributed by atoms with Gasteiger partial charge >= 0.3 is 5.97 Å². The van der Waals surface area contributed by atoms with Crippen molar-refractivity contribution in [3.8, 4) is 21.4 Å². The lowest BCUT2D eigenvalue weighted by molar-refractivity contribution is -0.146. The molecule has 0 saturated heterocycles. The van der Waals surface area contributed by atoms with E-state index in [1.165, 1.54) is 11.3 Å². The molecule has 0 radical (unpaired) electrons. The van der Waals surface area contributed by atoms with Gasteiger partial charge in [0.1, 0.15) is 5.01 Å². The van der Waals surface area contributed by atoms with E-state index in [2.05, 4.69) is 10.3 Å². The molecule has 0 unspecified atom stereocenters. The van der Waals surface area contributed by atoms with Gasteiger partial charge < -0.3 is 19.5 Å². The monoisotopic (exact) mass is 402 g/mol. The number of carbonyl (C=O) groups is 2. The van der Waals surface area contributed by atoms with Crippen molar-refractivity contribution in [2.75, 3.05) is 18.7 Å². The van der Waals surface area contributed by atoms with E-state index in [1.807, 2.05) is 22.9 Å². The standard InChI is InChI=1S/C18H14N2O5S2/c21-16(19-11-3-4-13-14(6-11)25-10-24-13)8-23-17(22)7-12-9-27-18(20-12)15-2-1-5-26-15/h1-6,9H,7-8,10H2,(H,19,21). The summed E-state index contributed by atoms with van der Waals surface area (Å²) >= 11 is 3.07. The fraction of sp³-hybridized carbons (Fsp3) is 0.167. The van der Waals surface area contributed by atoms with Crippen molar-refractivity contribution in [2.24, 2.45) is 0 Å². The van der Waals surface area contributed by atoms with Gasteiger partial charge in [-0.15, -0.1) is 22.7 Å². The Morgan fingerprint density at radius 2 is 2.07 bits per heavy atom. The van der Waals surface area contributed by atoms with Gasteiger partial charge in [0.15, 0.2) is 18.1 Å². The second-order valence-corrected chi connectivity index (χ2v) is 7.38. The van der Waals surface area contributed by atoms with Crippen LogP contribution in [0.4, 0.5) is 5.69 Å². The van der Waals surface area contributed by atoms with Crippen LogP contribution in [0.15, 0.2) is 41.1 Å². The summed E-state index contributed by atoms with van der Waals surface area (Å²) in [5.74, 6) is 0.262. The van der Waals surface area contributed by atoms with Crippen LogP contribution in [-0.2, 0) is 20.7 Å². The molecule has 0 aliphatic carbocycles. The van der Waals surface area contributed by atoms with Crippen LogP contribution in [0.1, 0.15) is 5.69 Å². The number of nitrogens with zero attached hydrogens (tertiary/aromatic N) is 1. The zero-order valence-electron chi connectivity index (χ0n) is 14.0. The number of thiophene rings is 1. The van der Waals surface area contributed by atoms with E-state index >= 15 is 0 Å². The summed E-state index contributed by atoms with van der Waals surface area (Å²) < 4.78 is 15.5. The van der Waals surface area contributed by atoms with Gasteiger partial charge in [-0.25, -0.2) is 4.98 Å². The Balaban J connectivity index is 1.26. The lowest BCUT2D eigenvalue weighted by Crippen LogP contribution is -2.21. The number of anilines is 1. The van der Waals surface area contributed by atoms with Crippen LogP contribution in [0.2, 0.25) is 0 Å². The molecule has 138 valence electrons. The molecule has 1 aliphatic heterocycles. The molecule has 4 rings (SSSR count). The molecule has 2 aromatic heterocycles. The van der Waals surface area contributed by atoms with Crippen molar-refractivity contribution in [3.05, 3.63) is 46.8 Å². The van der Waals surface area contributed by atoms with Gasteiger partial charge in [-0.1, -0.05) is 6.07 Å². The average Bonchev–Trinajstić information content (AvgIpc) is 3.40. The number of nitrogens with one attached hydrogen (secondary N) is 1. The highest BCUT2D eigenvalue weighted by atomic mass is 32.1. The molecular formula is C18H14N2O5S2. The first-order valence-corrected chi connectivity index (χ1v) is 9.77. The highest BCUT2D eigenvalue weighted by Crippen LogP contribution is 2.34. The number of aromatic nitrogens is 1. The van der Waals surface area contributed by atoms with E-state index < -0.39 is 11.9 Å². The number of esters is 1. The Morgan fingerprint density at radius 1 is 1.19 bits per heavy atom. The molecule has 3 heterocycles. The van der Waals surface area contributed by atoms with Crippen molar-refractivity contribution < 1.29 is 23.8 Å². The molecule has 7 nitrogen and oxygen atoms in total. The summed E-state index contributed by atoms with van der Waals surface area (Å²) in [5.41, 5.74) is 1.17. The molecular weight excluding hydrogens is 388 g/mol. The number of amides is 1. The SMILES string of the molecule is O=C(COC(=O)Cc1csc(-c2cccs2)n1)Nc1ccc2c(c1)OCO2. The number of rotatable bonds is 6. The molecule has 0 fully saturated rings. The van der Waals surface area contributed by atoms with Gasteiger partial charge in [0.25, 0.3) is 5.91 Å². The van der Waals surface area contributed by atoms with Gasteiger partial charge in [0.05, 0.1) is 17.0 Å². The van der Waals surface area contributed by atoms with Gasteiger partial charge in [-0.05, 0) is 23.6 Å². The number of hydrogen-bond donors (Lipinski definition) is 1. The summed E-state index contributed by atoms with van der Waals surface area (Å²) in [6.45, 7) is -0.204. The first kappa shape index (κ1) is 17.5. The van der Waals surface area contributed by atoms with Crippen LogP contribution in [0, 0.1) is 0 Å². The highest BCUT2D eigenvalue weighted by Gasteiger charge is 2.15. The van der Waals surface area contributed by atoms with Crippen LogP contribution in [0.5, 0.6) is 11.5 Å². The Bertz CT molecular complexity index is 968. The zero-order chi connectivity index (χ0) is 18.6. The second-order valence-electron chi connectivity index (χ2n) is 5.57. The molecule has 1 aromatic carbocycles. The van der Waals surface area contributed by atoms with E-state index in [-0.39, 0.29) is 19.8 Å². The quantitative estimate of drug-likeness (QED) is 0.637. The van der Waals surface area contributed by atoms with Gasteiger partial charge in [-0.2, -0.15) is 0 Å². The molecule has 27 heavy (non-hydrogen) atoms. The lowest BCUT2D eigenvalue weighted by Gasteiger charge is -2.07. The van der Waals surface area contributed by atoms with Crippen molar-refractivity contribution in [1.29, 1.82) is 0 Å². The summed E-state index contributed by atoms with van der Waals surface area (Å²) in [4.78, 5) is 29.4. The normalized spacial score (nSPS) is 12.0. The zero-order valence-corrected chi connectivity index (χ0v) is 15.6. The topological polar surface area (TPSA) is 86.8 Å². The van der Waals surface area contributed by atoms with Crippen molar-refractivity contribution >= 4 is 40.2 Å². The third-order valence-corrected chi connectivity index (χ3v) is 5.56. The van der Waals surface area contributed by atoms with Crippen LogP contribution in [0.3, 0.4) is 0 Å². The number of fused-ring (bicyclic) bond motifs is 1. The maximum absolute atomic E-state index is 12.0. The minimum absolute atomic E-state index is 0.0270. The molecule has 0 bridgehead atoms. The average molecular weight is 402 g/mol. The Kier molecular flexibility index (Phi) is 5.03. The number of thiazole rings is 1. The minimum atomic E-state index is -0.501. The fourth-order valence-corrected chi connectivity index (χ4v) is 4.05. The largest absolute Gasteiger partial charge is 0.455 e. The van der Waals surface area contributed by atoms with E-state index in [1.54, 1.807) is 29.5 Å². The van der Waals surface area contributed by atoms with E-state index in [9.17, 15) is 9.59 Å². The third-order valence-electron chi connectivity index (χ3n) is 3.63.